The second-order valence-electron chi connectivity index (χ2n) is 4.63. The Morgan fingerprint density at radius 1 is 1.14 bits per heavy atom. The van der Waals surface area contributed by atoms with Crippen molar-refractivity contribution in [2.45, 2.75) is 34.2 Å². The molecule has 0 spiro atoms. The van der Waals surface area contributed by atoms with Crippen molar-refractivity contribution in [1.82, 2.24) is 4.98 Å². The average Bonchev–Trinajstić information content (AvgIpc) is 2.78. The molecule has 114 valence electrons. The van der Waals surface area contributed by atoms with Gasteiger partial charge in [0.15, 0.2) is 0 Å². The maximum Gasteiger partial charge on any atom is 0.213 e. The number of nitrogens with one attached hydrogen (secondary N) is 1. The molecular formula is C16H22N2O3. The van der Waals surface area contributed by atoms with Crippen molar-refractivity contribution in [2.75, 3.05) is 18.5 Å². The van der Waals surface area contributed by atoms with Crippen LogP contribution in [0.3, 0.4) is 0 Å². The van der Waals surface area contributed by atoms with Gasteiger partial charge in [0.1, 0.15) is 17.3 Å². The molecule has 0 amide bonds. The number of aryl methyl sites for hydroxylation is 2. The smallest absolute Gasteiger partial charge is 0.213 e. The van der Waals surface area contributed by atoms with Crippen molar-refractivity contribution in [2.24, 2.45) is 0 Å². The Hall–Kier alpha value is -2.17. The van der Waals surface area contributed by atoms with Crippen LogP contribution in [0.15, 0.2) is 22.6 Å². The van der Waals surface area contributed by atoms with Crippen molar-refractivity contribution < 1.29 is 13.9 Å². The molecule has 2 aromatic rings. The van der Waals surface area contributed by atoms with Crippen LogP contribution in [0.4, 0.5) is 5.69 Å². The number of anilines is 1. The highest BCUT2D eigenvalue weighted by Gasteiger charge is 2.09. The number of oxazole rings is 1. The summed E-state index contributed by atoms with van der Waals surface area (Å²) in [6.07, 6.45) is 0. The van der Waals surface area contributed by atoms with Crippen LogP contribution in [0.2, 0.25) is 0 Å². The van der Waals surface area contributed by atoms with Crippen LogP contribution in [0.5, 0.6) is 11.5 Å². The van der Waals surface area contributed by atoms with E-state index in [9.17, 15) is 0 Å². The van der Waals surface area contributed by atoms with E-state index >= 15 is 0 Å². The summed E-state index contributed by atoms with van der Waals surface area (Å²) < 4.78 is 16.7. The molecule has 5 nitrogen and oxygen atoms in total. The Morgan fingerprint density at radius 3 is 2.52 bits per heavy atom. The molecule has 0 atom stereocenters. The summed E-state index contributed by atoms with van der Waals surface area (Å²) in [6.45, 7) is 9.51. The lowest BCUT2D eigenvalue weighted by molar-refractivity contribution is 0.331. The first-order chi connectivity index (χ1) is 10.1. The Kier molecular flexibility index (Phi) is 5.09. The largest absolute Gasteiger partial charge is 0.494 e. The van der Waals surface area contributed by atoms with E-state index in [1.807, 2.05) is 45.9 Å². The lowest BCUT2D eigenvalue weighted by Gasteiger charge is -2.13. The monoisotopic (exact) mass is 290 g/mol. The van der Waals surface area contributed by atoms with E-state index in [0.717, 1.165) is 28.6 Å². The maximum absolute atomic E-state index is 5.62. The van der Waals surface area contributed by atoms with Crippen molar-refractivity contribution in [3.8, 4) is 11.5 Å². The lowest BCUT2D eigenvalue weighted by Crippen LogP contribution is -2.04. The van der Waals surface area contributed by atoms with E-state index in [1.165, 1.54) is 0 Å². The van der Waals surface area contributed by atoms with Crippen molar-refractivity contribution >= 4 is 5.69 Å². The van der Waals surface area contributed by atoms with Gasteiger partial charge < -0.3 is 19.2 Å². The van der Waals surface area contributed by atoms with E-state index in [-0.39, 0.29) is 0 Å². The van der Waals surface area contributed by atoms with Gasteiger partial charge in [-0.1, -0.05) is 0 Å². The number of aromatic nitrogens is 1. The highest BCUT2D eigenvalue weighted by atomic mass is 16.5. The van der Waals surface area contributed by atoms with Gasteiger partial charge >= 0.3 is 0 Å². The van der Waals surface area contributed by atoms with Crippen LogP contribution < -0.4 is 14.8 Å². The lowest BCUT2D eigenvalue weighted by atomic mass is 10.2. The van der Waals surface area contributed by atoms with Gasteiger partial charge in [0, 0.05) is 6.07 Å². The van der Waals surface area contributed by atoms with Crippen LogP contribution >= 0.6 is 0 Å². The molecule has 0 aliphatic rings. The van der Waals surface area contributed by atoms with E-state index in [4.69, 9.17) is 13.9 Å². The highest BCUT2D eigenvalue weighted by Crippen LogP contribution is 2.30. The summed E-state index contributed by atoms with van der Waals surface area (Å²) in [4.78, 5) is 4.36. The Labute approximate surface area is 125 Å². The van der Waals surface area contributed by atoms with Gasteiger partial charge in [-0.15, -0.1) is 0 Å². The minimum absolute atomic E-state index is 0.504. The summed E-state index contributed by atoms with van der Waals surface area (Å²) in [5.74, 6) is 3.11. The zero-order chi connectivity index (χ0) is 15.2. The molecule has 0 aliphatic carbocycles. The van der Waals surface area contributed by atoms with Gasteiger partial charge in [0.2, 0.25) is 5.89 Å². The van der Waals surface area contributed by atoms with Crippen molar-refractivity contribution in [3.63, 3.8) is 0 Å². The molecular weight excluding hydrogens is 268 g/mol. The molecule has 1 heterocycles. The number of hydrogen-bond acceptors (Lipinski definition) is 5. The quantitative estimate of drug-likeness (QED) is 0.842. The fraction of sp³-hybridized carbons (Fsp3) is 0.438. The fourth-order valence-electron chi connectivity index (χ4n) is 1.97. The fourth-order valence-corrected chi connectivity index (χ4v) is 1.97. The zero-order valence-corrected chi connectivity index (χ0v) is 13.0. The van der Waals surface area contributed by atoms with Crippen LogP contribution in [-0.4, -0.2) is 18.2 Å². The molecule has 0 unspecified atom stereocenters. The van der Waals surface area contributed by atoms with Gasteiger partial charge in [0.25, 0.3) is 0 Å². The summed E-state index contributed by atoms with van der Waals surface area (Å²) >= 11 is 0. The first kappa shape index (κ1) is 15.2. The standard InChI is InChI=1S/C16H22N2O3/c1-5-19-13-7-8-15(20-6-2)14(9-13)17-10-16-18-11(3)12(4)21-16/h7-9,17H,5-6,10H2,1-4H3. The molecule has 1 aromatic carbocycles. The first-order valence-corrected chi connectivity index (χ1v) is 7.20. The van der Waals surface area contributed by atoms with Crippen molar-refractivity contribution in [3.05, 3.63) is 35.5 Å². The molecule has 0 bridgehead atoms. The minimum atomic E-state index is 0.504. The van der Waals surface area contributed by atoms with Gasteiger partial charge in [-0.2, -0.15) is 0 Å². The molecule has 0 fully saturated rings. The number of benzene rings is 1. The third kappa shape index (κ3) is 3.90. The third-order valence-electron chi connectivity index (χ3n) is 3.06. The van der Waals surface area contributed by atoms with Gasteiger partial charge in [-0.3, -0.25) is 0 Å². The summed E-state index contributed by atoms with van der Waals surface area (Å²) in [7, 11) is 0. The van der Waals surface area contributed by atoms with E-state index in [1.54, 1.807) is 0 Å². The van der Waals surface area contributed by atoms with Crippen molar-refractivity contribution in [1.29, 1.82) is 0 Å². The van der Waals surface area contributed by atoms with Gasteiger partial charge in [-0.25, -0.2) is 4.98 Å². The summed E-state index contributed by atoms with van der Waals surface area (Å²) in [6, 6.07) is 5.74. The SMILES string of the molecule is CCOc1ccc(OCC)c(NCc2nc(C)c(C)o2)c1. The zero-order valence-electron chi connectivity index (χ0n) is 13.0. The Morgan fingerprint density at radius 2 is 1.90 bits per heavy atom. The maximum atomic E-state index is 5.62. The highest BCUT2D eigenvalue weighted by molar-refractivity contribution is 5.59. The number of nitrogens with zero attached hydrogens (tertiary/aromatic N) is 1. The van der Waals surface area contributed by atoms with Crippen LogP contribution in [-0.2, 0) is 6.54 Å². The van der Waals surface area contributed by atoms with Gasteiger partial charge in [0.05, 0.1) is 31.1 Å². The Bertz CT molecular complexity index is 574. The molecule has 5 heteroatoms. The van der Waals surface area contributed by atoms with Crippen LogP contribution in [0.1, 0.15) is 31.2 Å². The molecule has 0 radical (unpaired) electrons. The van der Waals surface area contributed by atoms with Crippen LogP contribution in [0.25, 0.3) is 0 Å². The van der Waals surface area contributed by atoms with E-state index in [0.29, 0.717) is 25.6 Å². The first-order valence-electron chi connectivity index (χ1n) is 7.20. The van der Waals surface area contributed by atoms with Crippen LogP contribution in [0, 0.1) is 13.8 Å². The predicted octanol–water partition coefficient (Wildman–Crippen LogP) is 3.70. The van der Waals surface area contributed by atoms with E-state index < -0.39 is 0 Å². The predicted molar refractivity (Wildman–Crippen MR) is 82.1 cm³/mol. The molecule has 1 aromatic heterocycles. The second-order valence-corrected chi connectivity index (χ2v) is 4.63. The molecule has 0 saturated carbocycles. The number of rotatable bonds is 7. The topological polar surface area (TPSA) is 56.5 Å². The normalized spacial score (nSPS) is 10.5. The number of hydrogen-bond donors (Lipinski definition) is 1. The molecule has 1 N–H and O–H groups in total. The summed E-state index contributed by atoms with van der Waals surface area (Å²) in [5, 5.41) is 3.29. The Balaban J connectivity index is 2.13. The average molecular weight is 290 g/mol. The van der Waals surface area contributed by atoms with E-state index in [2.05, 4.69) is 10.3 Å². The minimum Gasteiger partial charge on any atom is -0.494 e. The molecule has 0 saturated heterocycles. The molecule has 0 aliphatic heterocycles. The summed E-state index contributed by atoms with van der Waals surface area (Å²) in [5.41, 5.74) is 1.79. The molecule has 21 heavy (non-hydrogen) atoms. The number of ether oxygens (including phenoxy) is 2. The molecule has 2 rings (SSSR count). The third-order valence-corrected chi connectivity index (χ3v) is 3.06. The second kappa shape index (κ2) is 7.02. The van der Waals surface area contributed by atoms with Gasteiger partial charge in [-0.05, 0) is 39.8 Å².